The first-order valence-corrected chi connectivity index (χ1v) is 29.1. The van der Waals surface area contributed by atoms with Gasteiger partial charge in [-0.1, -0.05) is 58.5 Å². The summed E-state index contributed by atoms with van der Waals surface area (Å²) in [5, 5.41) is 33.4. The maximum absolute atomic E-state index is 13.5. The van der Waals surface area contributed by atoms with Crippen LogP contribution in [0.4, 0.5) is 0 Å². The van der Waals surface area contributed by atoms with Gasteiger partial charge >= 0.3 is 0 Å². The molecule has 73 heavy (non-hydrogen) atoms. The lowest BCUT2D eigenvalue weighted by Gasteiger charge is -2.62. The number of fused-ring (bicyclic) bond motifs is 10. The molecule has 416 valence electrons. The summed E-state index contributed by atoms with van der Waals surface area (Å²) in [5.41, 5.74) is -0.254. The van der Waals surface area contributed by atoms with Crippen LogP contribution >= 0.6 is 15.9 Å². The van der Waals surface area contributed by atoms with Crippen molar-refractivity contribution in [1.29, 1.82) is 0 Å². The van der Waals surface area contributed by atoms with E-state index in [1.54, 1.807) is 37.5 Å². The molecule has 2 heterocycles. The number of carbonyl (C=O) groups is 2. The van der Waals surface area contributed by atoms with Crippen molar-refractivity contribution in [1.82, 2.24) is 20.0 Å². The molecule has 0 unspecified atom stereocenters. The molecule has 0 saturated heterocycles. The third-order valence-corrected chi connectivity index (χ3v) is 22.1. The predicted octanol–water partition coefficient (Wildman–Crippen LogP) is 12.7. The zero-order chi connectivity index (χ0) is 51.1. The molecule has 2 aromatic rings. The summed E-state index contributed by atoms with van der Waals surface area (Å²) >= 11 is 3.43. The van der Waals surface area contributed by atoms with Crippen LogP contribution in [0.5, 0.6) is 11.5 Å². The number of ketones is 2. The molecule has 8 fully saturated rings. The van der Waals surface area contributed by atoms with E-state index >= 15 is 0 Å². The number of halogens is 1. The van der Waals surface area contributed by atoms with Crippen LogP contribution in [0.2, 0.25) is 0 Å². The number of carbonyl (C=O) groups excluding carboxylic acids is 2. The Balaban J connectivity index is 0.000000203. The van der Waals surface area contributed by atoms with Gasteiger partial charge in [0.25, 0.3) is 0 Å². The maximum atomic E-state index is 13.5. The summed E-state index contributed by atoms with van der Waals surface area (Å²) in [6, 6.07) is 0. The Kier molecular flexibility index (Phi) is 19.5. The largest absolute Gasteiger partial charge is 0.488 e. The van der Waals surface area contributed by atoms with Gasteiger partial charge in [0.05, 0.1) is 73.3 Å². The number of rotatable bonds is 13. The number of H-pyrrole nitrogens is 1. The highest BCUT2D eigenvalue weighted by Crippen LogP contribution is 2.70. The van der Waals surface area contributed by atoms with Crippen LogP contribution < -0.4 is 9.47 Å². The summed E-state index contributed by atoms with van der Waals surface area (Å²) in [5.74, 6) is 8.29. The predicted molar refractivity (Wildman–Crippen MR) is 294 cm³/mol. The minimum atomic E-state index is -0.646. The van der Waals surface area contributed by atoms with Crippen LogP contribution in [0.3, 0.4) is 0 Å². The van der Waals surface area contributed by atoms with Gasteiger partial charge in [0.15, 0.2) is 17.3 Å². The van der Waals surface area contributed by atoms with Gasteiger partial charge < -0.3 is 29.2 Å². The van der Waals surface area contributed by atoms with Crippen molar-refractivity contribution in [2.45, 2.75) is 216 Å². The molecule has 0 aromatic carbocycles. The summed E-state index contributed by atoms with van der Waals surface area (Å²) < 4.78 is 23.5. The number of methoxy groups -OCH3 is 2. The number of aromatic nitrogens is 4. The summed E-state index contributed by atoms with van der Waals surface area (Å²) in [6.45, 7) is 19.1. The second kappa shape index (κ2) is 23.7. The maximum Gasteiger partial charge on any atom is 0.157 e. The van der Waals surface area contributed by atoms with Gasteiger partial charge in [-0.15, -0.1) is 0 Å². The topological polar surface area (TPSA) is 158 Å². The molecule has 16 atom stereocenters. The van der Waals surface area contributed by atoms with E-state index in [1.165, 1.54) is 57.8 Å². The van der Waals surface area contributed by atoms with E-state index in [9.17, 15) is 19.8 Å². The van der Waals surface area contributed by atoms with E-state index in [4.69, 9.17) is 18.9 Å². The number of ether oxygens (including phenoxy) is 4. The van der Waals surface area contributed by atoms with Crippen molar-refractivity contribution in [3.63, 3.8) is 0 Å². The second-order valence-electron chi connectivity index (χ2n) is 26.1. The molecule has 0 bridgehead atoms. The van der Waals surface area contributed by atoms with Gasteiger partial charge in [-0.3, -0.25) is 19.4 Å². The van der Waals surface area contributed by atoms with Crippen LogP contribution in [0, 0.1) is 80.8 Å². The van der Waals surface area contributed by atoms with Crippen LogP contribution in [-0.4, -0.2) is 97.9 Å². The van der Waals surface area contributed by atoms with Crippen LogP contribution in [0.15, 0.2) is 24.8 Å². The number of nitrogens with zero attached hydrogens (tertiary/aromatic N) is 3. The number of Topliss-reactive ketones (excluding diaryl/α,β-unsaturated/α-hetero) is 2. The molecule has 2 aromatic heterocycles. The second-order valence-corrected chi connectivity index (χ2v) is 26.7. The van der Waals surface area contributed by atoms with Crippen molar-refractivity contribution in [3.05, 3.63) is 24.8 Å². The molecule has 12 nitrogen and oxygen atoms in total. The molecule has 8 aliphatic carbocycles. The molecule has 0 amide bonds. The lowest BCUT2D eigenvalue weighted by Crippen LogP contribution is -2.56. The minimum Gasteiger partial charge on any atom is -0.488 e. The average Bonchev–Trinajstić information content (AvgIpc) is 4.13. The van der Waals surface area contributed by atoms with Gasteiger partial charge in [-0.2, -0.15) is 10.2 Å². The molecule has 8 saturated carbocycles. The molecule has 0 spiro atoms. The summed E-state index contributed by atoms with van der Waals surface area (Å²) in [6.07, 6.45) is 27.5. The number of alkyl halides is 1. The fourth-order valence-corrected chi connectivity index (χ4v) is 18.6. The highest BCUT2D eigenvalue weighted by molar-refractivity contribution is 9.09. The van der Waals surface area contributed by atoms with Crippen LogP contribution in [0.1, 0.15) is 186 Å². The molecular weight excluding hydrogens is 985 g/mol. The summed E-state index contributed by atoms with van der Waals surface area (Å²) in [7, 11) is 3.41. The Labute approximate surface area is 449 Å². The molecule has 8 aliphatic rings. The van der Waals surface area contributed by atoms with Crippen LogP contribution in [-0.2, 0) is 25.6 Å². The van der Waals surface area contributed by atoms with Crippen molar-refractivity contribution in [2.75, 3.05) is 32.8 Å². The fraction of sp³-hybridized carbons (Fsp3) is 0.867. The van der Waals surface area contributed by atoms with Gasteiger partial charge in [-0.25, -0.2) is 0 Å². The van der Waals surface area contributed by atoms with E-state index in [2.05, 4.69) is 58.9 Å². The van der Waals surface area contributed by atoms with Gasteiger partial charge in [0.1, 0.15) is 5.78 Å². The molecule has 10 rings (SSSR count). The number of nitrogens with one attached hydrogen (secondary N) is 1. The Morgan fingerprint density at radius 3 is 1.55 bits per heavy atom. The van der Waals surface area contributed by atoms with Gasteiger partial charge in [-0.05, 0) is 212 Å². The van der Waals surface area contributed by atoms with Crippen molar-refractivity contribution < 1.29 is 38.7 Å². The van der Waals surface area contributed by atoms with Gasteiger partial charge in [0.2, 0.25) is 0 Å². The zero-order valence-corrected chi connectivity index (χ0v) is 46.9. The number of aromatic amines is 1. The molecular formula is C60H101BrN4O8. The third kappa shape index (κ3) is 11.9. The Morgan fingerprint density at radius 1 is 0.644 bits per heavy atom. The van der Waals surface area contributed by atoms with E-state index < -0.39 is 11.2 Å². The van der Waals surface area contributed by atoms with Crippen molar-refractivity contribution in [3.8, 4) is 11.5 Å². The number of aliphatic hydroxyl groups is 2. The fourth-order valence-electron chi connectivity index (χ4n) is 18.2. The lowest BCUT2D eigenvalue weighted by molar-refractivity contribution is -0.164. The first-order chi connectivity index (χ1) is 33.6. The van der Waals surface area contributed by atoms with E-state index in [0.717, 1.165) is 98.9 Å². The first kappa shape index (κ1) is 59.9. The number of hydrogen-bond acceptors (Lipinski definition) is 10. The SMILES string of the molecule is C.C.CC(C)Oc1cn[nH]c1.COC[C@@]1(O)CC[C@@]2(C)[C@@H](CC[C@@H]3[C@@H]2CC[C@]2(C)[C@@H](C(=O)CBr)CC[C@@H]32)C1.COC[C@@]1(O)CC[C@@]2(C)[C@@H](CC[C@@H]3[C@@H]2CC[C@]2(C)[C@@H](C(=O)Cn4cc(OC(C)C)cn4)CC[C@@H]32)C1. The quantitative estimate of drug-likeness (QED) is 0.165. The molecule has 0 radical (unpaired) electrons. The van der Waals surface area contributed by atoms with Crippen LogP contribution in [0.25, 0.3) is 0 Å². The highest BCUT2D eigenvalue weighted by atomic mass is 79.9. The standard InChI is InChI=1S/C29H46N2O4.C23H37BrO3.C6H10N2O.2CH4/c1-19(2)35-21-15-30-31(16-21)17-26(32)25-9-8-23-22-7-6-20-14-29(33,18-34-5)13-12-27(20,3)24(22)10-11-28(23,25)4;1-21-10-11-23(26,14-27-3)12-15(21)4-5-16-17-6-7-19(20(25)13-24)22(17,2)9-8-18(16)21;1-5(2)9-6-3-7-8-4-6;;/h15-16,19-20,22-25,33H,6-14,17-18H2,1-5H3;15-19,26H,4-14H2,1-3H3;3-5H,1-2H3,(H,7,8);2*1H4/t20-,22-,23-,24-,25+,27-,28-,29+;15-,16-,17-,18-,19+,21-,22-,23+;;;/m00.../s1. The average molecular weight is 1090 g/mol. The normalized spacial score (nSPS) is 41.0. The van der Waals surface area contributed by atoms with E-state index in [0.29, 0.717) is 65.2 Å². The van der Waals surface area contributed by atoms with Crippen molar-refractivity contribution in [2.24, 2.45) is 80.8 Å². The zero-order valence-electron chi connectivity index (χ0n) is 45.4. The highest BCUT2D eigenvalue weighted by Gasteiger charge is 2.64. The first-order valence-electron chi connectivity index (χ1n) is 28.0. The molecule has 0 aliphatic heterocycles. The van der Waals surface area contributed by atoms with Crippen molar-refractivity contribution >= 4 is 27.5 Å². The number of hydrogen-bond donors (Lipinski definition) is 3. The van der Waals surface area contributed by atoms with E-state index in [1.807, 2.05) is 33.9 Å². The molecule has 13 heteroatoms. The monoisotopic (exact) mass is 1080 g/mol. The third-order valence-electron chi connectivity index (χ3n) is 21.5. The smallest absolute Gasteiger partial charge is 0.157 e. The molecule has 3 N–H and O–H groups in total. The minimum absolute atomic E-state index is 0. The Bertz CT molecular complexity index is 2100. The Morgan fingerprint density at radius 2 is 1.11 bits per heavy atom. The summed E-state index contributed by atoms with van der Waals surface area (Å²) in [4.78, 5) is 26.1. The van der Waals surface area contributed by atoms with Gasteiger partial charge in [0, 0.05) is 26.1 Å². The Hall–Kier alpha value is -2.32. The lowest BCUT2D eigenvalue weighted by atomic mass is 9.44. The van der Waals surface area contributed by atoms with E-state index in [-0.39, 0.29) is 49.7 Å².